The summed E-state index contributed by atoms with van der Waals surface area (Å²) in [7, 11) is 3.15. The molecule has 0 N–H and O–H groups in total. The smallest absolute Gasteiger partial charge is 0.245 e. The fraction of sp³-hybridized carbons (Fsp3) is 0.562. The molecular weight excluding hydrogens is 254 g/mol. The van der Waals surface area contributed by atoms with Gasteiger partial charge in [-0.05, 0) is 25.0 Å². The van der Waals surface area contributed by atoms with E-state index in [-0.39, 0.29) is 5.91 Å². The predicted molar refractivity (Wildman–Crippen MR) is 79.4 cm³/mol. The highest BCUT2D eigenvalue weighted by atomic mass is 16.7. The standard InChI is InChI=1S/C16H25NO3/c1-17(19-2)16(18)13-9-4-3-5-10-14-20-15-11-7-6-8-12-15/h6-8,11-12H,3-5,9-10,13-14H2,1-2H3. The summed E-state index contributed by atoms with van der Waals surface area (Å²) >= 11 is 0. The van der Waals surface area contributed by atoms with Gasteiger partial charge in [0.2, 0.25) is 5.91 Å². The molecule has 0 saturated carbocycles. The SMILES string of the molecule is CON(C)C(=O)CCCCCCCOc1ccccc1. The maximum Gasteiger partial charge on any atom is 0.245 e. The summed E-state index contributed by atoms with van der Waals surface area (Å²) in [5, 5.41) is 1.29. The number of hydrogen-bond donors (Lipinski definition) is 0. The van der Waals surface area contributed by atoms with Crippen LogP contribution in [0.5, 0.6) is 5.75 Å². The van der Waals surface area contributed by atoms with Crippen LogP contribution in [0.15, 0.2) is 30.3 Å². The lowest BCUT2D eigenvalue weighted by Gasteiger charge is -2.13. The summed E-state index contributed by atoms with van der Waals surface area (Å²) in [5.41, 5.74) is 0. The van der Waals surface area contributed by atoms with Crippen LogP contribution in [-0.2, 0) is 9.63 Å². The van der Waals surface area contributed by atoms with Crippen LogP contribution < -0.4 is 4.74 Å². The highest BCUT2D eigenvalue weighted by molar-refractivity contribution is 5.74. The number of unbranched alkanes of at least 4 members (excludes halogenated alkanes) is 4. The molecule has 0 heterocycles. The molecule has 0 radical (unpaired) electrons. The van der Waals surface area contributed by atoms with Crippen LogP contribution in [0.1, 0.15) is 38.5 Å². The van der Waals surface area contributed by atoms with Gasteiger partial charge in [-0.3, -0.25) is 9.63 Å². The molecule has 4 heteroatoms. The van der Waals surface area contributed by atoms with Gasteiger partial charge in [0.05, 0.1) is 13.7 Å². The van der Waals surface area contributed by atoms with Crippen LogP contribution in [0.3, 0.4) is 0 Å². The first-order chi connectivity index (χ1) is 9.74. The first-order valence-electron chi connectivity index (χ1n) is 7.22. The van der Waals surface area contributed by atoms with E-state index in [9.17, 15) is 4.79 Å². The second kappa shape index (κ2) is 10.3. The molecule has 1 amide bonds. The zero-order chi connectivity index (χ0) is 14.6. The third kappa shape index (κ3) is 7.14. The van der Waals surface area contributed by atoms with E-state index >= 15 is 0 Å². The average molecular weight is 279 g/mol. The highest BCUT2D eigenvalue weighted by Gasteiger charge is 2.06. The Morgan fingerprint density at radius 2 is 1.70 bits per heavy atom. The van der Waals surface area contributed by atoms with Crippen molar-refractivity contribution in [3.63, 3.8) is 0 Å². The minimum Gasteiger partial charge on any atom is -0.494 e. The quantitative estimate of drug-likeness (QED) is 0.486. The molecule has 1 rings (SSSR count). The molecule has 0 spiro atoms. The van der Waals surface area contributed by atoms with E-state index in [0.717, 1.165) is 44.5 Å². The summed E-state index contributed by atoms with van der Waals surface area (Å²) in [6, 6.07) is 9.87. The average Bonchev–Trinajstić information content (AvgIpc) is 2.49. The lowest BCUT2D eigenvalue weighted by Crippen LogP contribution is -2.24. The zero-order valence-corrected chi connectivity index (χ0v) is 12.5. The molecular formula is C16H25NO3. The number of benzene rings is 1. The molecule has 0 unspecified atom stereocenters. The monoisotopic (exact) mass is 279 g/mol. The summed E-state index contributed by atoms with van der Waals surface area (Å²) in [4.78, 5) is 16.3. The molecule has 0 atom stereocenters. The molecule has 4 nitrogen and oxygen atoms in total. The van der Waals surface area contributed by atoms with Gasteiger partial charge in [0.25, 0.3) is 0 Å². The van der Waals surface area contributed by atoms with Crippen LogP contribution in [0, 0.1) is 0 Å². The van der Waals surface area contributed by atoms with Gasteiger partial charge in [-0.25, -0.2) is 5.06 Å². The molecule has 0 saturated heterocycles. The molecule has 1 aromatic rings. The lowest BCUT2D eigenvalue weighted by molar-refractivity contribution is -0.168. The number of carbonyl (C=O) groups excluding carboxylic acids is 1. The van der Waals surface area contributed by atoms with Gasteiger partial charge in [-0.1, -0.05) is 37.5 Å². The van der Waals surface area contributed by atoms with Gasteiger partial charge in [-0.15, -0.1) is 0 Å². The van der Waals surface area contributed by atoms with E-state index in [4.69, 9.17) is 9.57 Å². The second-order valence-corrected chi connectivity index (χ2v) is 4.75. The van der Waals surface area contributed by atoms with Gasteiger partial charge in [0.1, 0.15) is 5.75 Å². The molecule has 0 fully saturated rings. The zero-order valence-electron chi connectivity index (χ0n) is 12.5. The Bertz CT molecular complexity index is 367. The van der Waals surface area contributed by atoms with Crippen LogP contribution in [0.25, 0.3) is 0 Å². The predicted octanol–water partition coefficient (Wildman–Crippen LogP) is 3.43. The van der Waals surface area contributed by atoms with Crippen molar-refractivity contribution in [1.82, 2.24) is 5.06 Å². The number of ether oxygens (including phenoxy) is 1. The van der Waals surface area contributed by atoms with E-state index in [1.54, 1.807) is 7.05 Å². The Morgan fingerprint density at radius 1 is 1.05 bits per heavy atom. The number of nitrogens with zero attached hydrogens (tertiary/aromatic N) is 1. The molecule has 112 valence electrons. The number of para-hydroxylation sites is 1. The molecule has 0 aliphatic carbocycles. The summed E-state index contributed by atoms with van der Waals surface area (Å²) in [6.07, 6.45) is 5.90. The van der Waals surface area contributed by atoms with Crippen molar-refractivity contribution in [3.8, 4) is 5.75 Å². The molecule has 20 heavy (non-hydrogen) atoms. The Morgan fingerprint density at radius 3 is 2.40 bits per heavy atom. The summed E-state index contributed by atoms with van der Waals surface area (Å²) < 4.78 is 5.62. The molecule has 0 aromatic heterocycles. The van der Waals surface area contributed by atoms with Crippen molar-refractivity contribution in [2.24, 2.45) is 0 Å². The van der Waals surface area contributed by atoms with E-state index < -0.39 is 0 Å². The molecule has 0 aliphatic rings. The Balaban J connectivity index is 1.91. The number of rotatable bonds is 10. The third-order valence-corrected chi connectivity index (χ3v) is 3.17. The largest absolute Gasteiger partial charge is 0.494 e. The Labute approximate surface area is 121 Å². The maximum absolute atomic E-state index is 11.4. The fourth-order valence-corrected chi connectivity index (χ4v) is 1.87. The van der Waals surface area contributed by atoms with Gasteiger partial charge >= 0.3 is 0 Å². The normalized spacial score (nSPS) is 10.3. The van der Waals surface area contributed by atoms with E-state index in [2.05, 4.69) is 0 Å². The number of hydroxylamine groups is 2. The van der Waals surface area contributed by atoms with Crippen molar-refractivity contribution in [2.75, 3.05) is 20.8 Å². The first kappa shape index (κ1) is 16.5. The maximum atomic E-state index is 11.4. The number of carbonyl (C=O) groups is 1. The van der Waals surface area contributed by atoms with E-state index in [1.807, 2.05) is 30.3 Å². The first-order valence-corrected chi connectivity index (χ1v) is 7.22. The van der Waals surface area contributed by atoms with Gasteiger partial charge in [-0.2, -0.15) is 0 Å². The second-order valence-electron chi connectivity index (χ2n) is 4.75. The molecule has 0 bridgehead atoms. The van der Waals surface area contributed by atoms with Crippen LogP contribution in [0.4, 0.5) is 0 Å². The van der Waals surface area contributed by atoms with Crippen LogP contribution >= 0.6 is 0 Å². The Hall–Kier alpha value is -1.55. The van der Waals surface area contributed by atoms with Gasteiger partial charge < -0.3 is 4.74 Å². The van der Waals surface area contributed by atoms with Crippen molar-refractivity contribution >= 4 is 5.91 Å². The Kier molecular flexibility index (Phi) is 8.47. The van der Waals surface area contributed by atoms with Crippen molar-refractivity contribution in [3.05, 3.63) is 30.3 Å². The van der Waals surface area contributed by atoms with E-state index in [0.29, 0.717) is 6.42 Å². The minimum atomic E-state index is 0.0416. The van der Waals surface area contributed by atoms with Crippen molar-refractivity contribution in [1.29, 1.82) is 0 Å². The molecule has 1 aromatic carbocycles. The lowest BCUT2D eigenvalue weighted by atomic mass is 10.1. The van der Waals surface area contributed by atoms with Crippen LogP contribution in [0.2, 0.25) is 0 Å². The summed E-state index contributed by atoms with van der Waals surface area (Å²) in [6.45, 7) is 0.759. The highest BCUT2D eigenvalue weighted by Crippen LogP contribution is 2.10. The topological polar surface area (TPSA) is 38.8 Å². The summed E-state index contributed by atoms with van der Waals surface area (Å²) in [5.74, 6) is 0.973. The van der Waals surface area contributed by atoms with Crippen LogP contribution in [-0.4, -0.2) is 31.7 Å². The van der Waals surface area contributed by atoms with Crippen molar-refractivity contribution < 1.29 is 14.4 Å². The van der Waals surface area contributed by atoms with Gasteiger partial charge in [0.15, 0.2) is 0 Å². The fourth-order valence-electron chi connectivity index (χ4n) is 1.87. The number of hydrogen-bond acceptors (Lipinski definition) is 3. The third-order valence-electron chi connectivity index (χ3n) is 3.17. The molecule has 0 aliphatic heterocycles. The minimum absolute atomic E-state index is 0.0416. The number of amides is 1. The van der Waals surface area contributed by atoms with Crippen molar-refractivity contribution in [2.45, 2.75) is 38.5 Å². The van der Waals surface area contributed by atoms with Gasteiger partial charge in [0, 0.05) is 13.5 Å². The van der Waals surface area contributed by atoms with E-state index in [1.165, 1.54) is 12.2 Å².